The lowest BCUT2D eigenvalue weighted by molar-refractivity contribution is 0.186. The molecular weight excluding hydrogens is 232 g/mol. The van der Waals surface area contributed by atoms with E-state index in [1.165, 1.54) is 0 Å². The van der Waals surface area contributed by atoms with E-state index in [-0.39, 0.29) is 6.54 Å². The molecule has 0 aliphatic carbocycles. The zero-order valence-electron chi connectivity index (χ0n) is 9.07. The lowest BCUT2D eigenvalue weighted by Gasteiger charge is -2.13. The summed E-state index contributed by atoms with van der Waals surface area (Å²) in [5.41, 5.74) is 9.63. The zero-order chi connectivity index (χ0) is 13.4. The van der Waals surface area contributed by atoms with Crippen LogP contribution in [-0.2, 0) is 9.47 Å². The van der Waals surface area contributed by atoms with Crippen molar-refractivity contribution in [3.8, 4) is 0 Å². The number of carbonyl (C=O) groups is 2. The van der Waals surface area contributed by atoms with Gasteiger partial charge >= 0.3 is 12.2 Å². The van der Waals surface area contributed by atoms with Crippen LogP contribution in [0.25, 0.3) is 0 Å². The Hall–Kier alpha value is -2.52. The normalized spacial score (nSPS) is 10.9. The lowest BCUT2D eigenvalue weighted by atomic mass is 10.3. The Kier molecular flexibility index (Phi) is 5.85. The van der Waals surface area contributed by atoms with E-state index < -0.39 is 30.3 Å². The standard InChI is InChI=1S/C7H14N6O4/c1-3(13-7(15)17-5(10)11)2-12-6(14)16-4(8)9/h3H,2H2,1H3,(H3,8,9)(H3,10,11)(H,12,14)(H,13,15). The van der Waals surface area contributed by atoms with E-state index in [0.29, 0.717) is 0 Å². The van der Waals surface area contributed by atoms with Crippen LogP contribution in [0.3, 0.4) is 0 Å². The van der Waals surface area contributed by atoms with Crippen LogP contribution in [0.2, 0.25) is 0 Å². The highest BCUT2D eigenvalue weighted by Gasteiger charge is 2.11. The zero-order valence-corrected chi connectivity index (χ0v) is 9.07. The largest absolute Gasteiger partial charge is 0.415 e. The van der Waals surface area contributed by atoms with Gasteiger partial charge in [-0.2, -0.15) is 0 Å². The summed E-state index contributed by atoms with van der Waals surface area (Å²) in [5.74, 6) is 0. The van der Waals surface area contributed by atoms with Crippen molar-refractivity contribution < 1.29 is 19.1 Å². The number of carbonyl (C=O) groups excluding carboxylic acids is 2. The number of hydrogen-bond donors (Lipinski definition) is 6. The molecule has 0 saturated heterocycles. The highest BCUT2D eigenvalue weighted by Crippen LogP contribution is 1.84. The molecule has 0 radical (unpaired) electrons. The monoisotopic (exact) mass is 246 g/mol. The second kappa shape index (κ2) is 6.87. The van der Waals surface area contributed by atoms with E-state index in [0.717, 1.165) is 0 Å². The third-order valence-corrected chi connectivity index (χ3v) is 1.32. The Bertz CT molecular complexity index is 330. The average molecular weight is 246 g/mol. The van der Waals surface area contributed by atoms with Gasteiger partial charge in [0.1, 0.15) is 0 Å². The van der Waals surface area contributed by atoms with E-state index >= 15 is 0 Å². The number of alkyl carbamates (subject to hydrolysis) is 2. The predicted octanol–water partition coefficient (Wildman–Crippen LogP) is -1.39. The molecule has 10 nitrogen and oxygen atoms in total. The molecule has 0 saturated carbocycles. The van der Waals surface area contributed by atoms with Crippen molar-refractivity contribution in [3.63, 3.8) is 0 Å². The summed E-state index contributed by atoms with van der Waals surface area (Å²) in [6, 6.07) is -1.96. The Morgan fingerprint density at radius 2 is 1.65 bits per heavy atom. The summed E-state index contributed by atoms with van der Waals surface area (Å²) >= 11 is 0. The number of nitrogens with two attached hydrogens (primary N) is 2. The molecule has 0 rings (SSSR count). The van der Waals surface area contributed by atoms with Gasteiger partial charge in [0.25, 0.3) is 12.0 Å². The van der Waals surface area contributed by atoms with Gasteiger partial charge in [0.05, 0.1) is 0 Å². The molecule has 0 aromatic carbocycles. The molecule has 0 aromatic rings. The number of rotatable bonds is 3. The molecule has 10 heteroatoms. The van der Waals surface area contributed by atoms with Crippen molar-refractivity contribution in [2.75, 3.05) is 6.54 Å². The molecule has 17 heavy (non-hydrogen) atoms. The van der Waals surface area contributed by atoms with E-state index in [1.807, 2.05) is 0 Å². The molecule has 0 fully saturated rings. The van der Waals surface area contributed by atoms with E-state index in [9.17, 15) is 9.59 Å². The van der Waals surface area contributed by atoms with Crippen LogP contribution in [0.1, 0.15) is 6.92 Å². The smallest absolute Gasteiger partial charge is 0.377 e. The maximum Gasteiger partial charge on any atom is 0.415 e. The summed E-state index contributed by atoms with van der Waals surface area (Å²) in [6.07, 6.45) is -1.82. The van der Waals surface area contributed by atoms with Crippen molar-refractivity contribution in [3.05, 3.63) is 0 Å². The number of amidine groups is 2. The molecular formula is C7H14N6O4. The van der Waals surface area contributed by atoms with Crippen LogP contribution in [-0.4, -0.2) is 36.8 Å². The van der Waals surface area contributed by atoms with Crippen molar-refractivity contribution in [1.29, 1.82) is 10.8 Å². The van der Waals surface area contributed by atoms with E-state index in [4.69, 9.17) is 22.3 Å². The topological polar surface area (TPSA) is 176 Å². The molecule has 2 amide bonds. The second-order valence-electron chi connectivity index (χ2n) is 2.93. The molecule has 0 aromatic heterocycles. The Morgan fingerprint density at radius 3 is 2.12 bits per heavy atom. The van der Waals surface area contributed by atoms with Gasteiger partial charge in [0, 0.05) is 12.6 Å². The average Bonchev–Trinajstić information content (AvgIpc) is 2.12. The van der Waals surface area contributed by atoms with Gasteiger partial charge < -0.3 is 31.6 Å². The second-order valence-corrected chi connectivity index (χ2v) is 2.93. The molecule has 1 unspecified atom stereocenters. The first kappa shape index (κ1) is 14.5. The highest BCUT2D eigenvalue weighted by molar-refractivity contribution is 5.84. The van der Waals surface area contributed by atoms with Crippen LogP contribution in [0.5, 0.6) is 0 Å². The van der Waals surface area contributed by atoms with Gasteiger partial charge in [0.2, 0.25) is 0 Å². The highest BCUT2D eigenvalue weighted by atomic mass is 16.6. The molecule has 96 valence electrons. The molecule has 0 heterocycles. The molecule has 0 aliphatic heterocycles. The molecule has 8 N–H and O–H groups in total. The van der Waals surface area contributed by atoms with Gasteiger partial charge in [-0.1, -0.05) is 0 Å². The third kappa shape index (κ3) is 8.47. The van der Waals surface area contributed by atoms with Crippen LogP contribution in [0.4, 0.5) is 9.59 Å². The number of nitrogens with one attached hydrogen (secondary N) is 4. The summed E-state index contributed by atoms with van der Waals surface area (Å²) in [4.78, 5) is 21.8. The van der Waals surface area contributed by atoms with Crippen LogP contribution in [0.15, 0.2) is 0 Å². The first-order chi connectivity index (χ1) is 7.81. The first-order valence-electron chi connectivity index (χ1n) is 4.43. The Morgan fingerprint density at radius 1 is 1.18 bits per heavy atom. The van der Waals surface area contributed by atoms with Crippen LogP contribution >= 0.6 is 0 Å². The lowest BCUT2D eigenvalue weighted by Crippen LogP contribution is -2.43. The minimum Gasteiger partial charge on any atom is -0.377 e. The van der Waals surface area contributed by atoms with Crippen molar-refractivity contribution in [2.24, 2.45) is 11.5 Å². The summed E-state index contributed by atoms with van der Waals surface area (Å²) < 4.78 is 8.39. The summed E-state index contributed by atoms with van der Waals surface area (Å²) in [5, 5.41) is 17.9. The maximum atomic E-state index is 10.9. The van der Waals surface area contributed by atoms with Crippen molar-refractivity contribution >= 4 is 24.2 Å². The molecule has 0 spiro atoms. The molecule has 0 aliphatic rings. The van der Waals surface area contributed by atoms with Gasteiger partial charge in [-0.05, 0) is 6.92 Å². The van der Waals surface area contributed by atoms with Gasteiger partial charge in [0.15, 0.2) is 0 Å². The van der Waals surface area contributed by atoms with Crippen molar-refractivity contribution in [1.82, 2.24) is 10.6 Å². The van der Waals surface area contributed by atoms with Crippen LogP contribution < -0.4 is 22.1 Å². The Labute approximate surface area is 96.6 Å². The Balaban J connectivity index is 3.83. The SMILES string of the molecule is CC(CNC(=O)OC(=N)N)NC(=O)OC(=N)N. The quantitative estimate of drug-likeness (QED) is 0.264. The fourth-order valence-electron chi connectivity index (χ4n) is 0.754. The third-order valence-electron chi connectivity index (χ3n) is 1.32. The van der Waals surface area contributed by atoms with Gasteiger partial charge in [-0.15, -0.1) is 0 Å². The first-order valence-corrected chi connectivity index (χ1v) is 4.43. The number of amides is 2. The van der Waals surface area contributed by atoms with Gasteiger partial charge in [-0.25, -0.2) is 9.59 Å². The predicted molar refractivity (Wildman–Crippen MR) is 57.4 cm³/mol. The van der Waals surface area contributed by atoms with E-state index in [2.05, 4.69) is 20.1 Å². The molecule has 1 atom stereocenters. The van der Waals surface area contributed by atoms with Crippen molar-refractivity contribution in [2.45, 2.75) is 13.0 Å². The fourth-order valence-corrected chi connectivity index (χ4v) is 0.754. The number of ether oxygens (including phenoxy) is 2. The van der Waals surface area contributed by atoms with Gasteiger partial charge in [-0.3, -0.25) is 10.8 Å². The minimum atomic E-state index is -0.911. The van der Waals surface area contributed by atoms with Crippen LogP contribution in [0, 0.1) is 10.8 Å². The fraction of sp³-hybridized carbons (Fsp3) is 0.429. The molecule has 0 bridgehead atoms. The van der Waals surface area contributed by atoms with E-state index in [1.54, 1.807) is 6.92 Å². The summed E-state index contributed by atoms with van der Waals surface area (Å²) in [6.45, 7) is 1.59. The maximum absolute atomic E-state index is 10.9. The minimum absolute atomic E-state index is 0.0269. The number of hydrogen-bond acceptors (Lipinski definition) is 6. The summed E-state index contributed by atoms with van der Waals surface area (Å²) in [7, 11) is 0.